The zero-order valence-corrected chi connectivity index (χ0v) is 13.9. The standard InChI is InChI=1S/C18H30N2O2/c1-15(21)20(17-10-6-3-7-11-17)14-18(22)19-13-12-16-8-4-2-5-9-16/h8,17H,2-7,9-14H2,1H3,(H,19,22). The van der Waals surface area contributed by atoms with Crippen molar-refractivity contribution in [2.75, 3.05) is 13.1 Å². The molecule has 0 aliphatic heterocycles. The topological polar surface area (TPSA) is 49.4 Å². The Labute approximate surface area is 134 Å². The van der Waals surface area contributed by atoms with Crippen LogP contribution < -0.4 is 5.32 Å². The lowest BCUT2D eigenvalue weighted by Crippen LogP contribution is -2.46. The number of amides is 2. The van der Waals surface area contributed by atoms with Gasteiger partial charge in [-0.25, -0.2) is 0 Å². The molecule has 2 aliphatic carbocycles. The SMILES string of the molecule is CC(=O)N(CC(=O)NCCC1=CCCCC1)C1CCCCC1. The Morgan fingerprint density at radius 1 is 1.18 bits per heavy atom. The average Bonchev–Trinajstić information content (AvgIpc) is 2.54. The van der Waals surface area contributed by atoms with Crippen LogP contribution in [0.1, 0.15) is 71.1 Å². The lowest BCUT2D eigenvalue weighted by Gasteiger charge is -2.33. The molecule has 124 valence electrons. The highest BCUT2D eigenvalue weighted by Gasteiger charge is 2.24. The molecule has 1 saturated carbocycles. The number of carbonyl (C=O) groups excluding carboxylic acids is 2. The molecule has 1 N–H and O–H groups in total. The molecule has 2 aliphatic rings. The molecule has 0 unspecified atom stereocenters. The average molecular weight is 306 g/mol. The van der Waals surface area contributed by atoms with Crippen LogP contribution in [0.3, 0.4) is 0 Å². The van der Waals surface area contributed by atoms with Crippen LogP contribution >= 0.6 is 0 Å². The Balaban J connectivity index is 1.73. The summed E-state index contributed by atoms with van der Waals surface area (Å²) in [6.07, 6.45) is 13.9. The van der Waals surface area contributed by atoms with E-state index in [-0.39, 0.29) is 24.4 Å². The number of rotatable bonds is 6. The molecule has 0 aromatic rings. The molecule has 0 aromatic carbocycles. The van der Waals surface area contributed by atoms with Crippen LogP contribution in [0.15, 0.2) is 11.6 Å². The van der Waals surface area contributed by atoms with Crippen LogP contribution in [-0.4, -0.2) is 35.8 Å². The fourth-order valence-corrected chi connectivity index (χ4v) is 3.60. The number of nitrogens with zero attached hydrogens (tertiary/aromatic N) is 1. The molecule has 0 heterocycles. The van der Waals surface area contributed by atoms with Crippen LogP contribution in [0.4, 0.5) is 0 Å². The van der Waals surface area contributed by atoms with E-state index in [4.69, 9.17) is 0 Å². The minimum atomic E-state index is -0.0165. The van der Waals surface area contributed by atoms with Crippen molar-refractivity contribution >= 4 is 11.8 Å². The van der Waals surface area contributed by atoms with E-state index in [1.165, 1.54) is 50.5 Å². The number of carbonyl (C=O) groups is 2. The van der Waals surface area contributed by atoms with Gasteiger partial charge in [0.15, 0.2) is 0 Å². The van der Waals surface area contributed by atoms with Gasteiger partial charge < -0.3 is 10.2 Å². The maximum Gasteiger partial charge on any atom is 0.239 e. The summed E-state index contributed by atoms with van der Waals surface area (Å²) in [7, 11) is 0. The number of hydrogen-bond donors (Lipinski definition) is 1. The molecule has 0 aromatic heterocycles. The fourth-order valence-electron chi connectivity index (χ4n) is 3.60. The highest BCUT2D eigenvalue weighted by atomic mass is 16.2. The summed E-state index contributed by atoms with van der Waals surface area (Å²) in [6.45, 7) is 2.49. The van der Waals surface area contributed by atoms with Crippen molar-refractivity contribution in [3.63, 3.8) is 0 Å². The third kappa shape index (κ3) is 5.47. The van der Waals surface area contributed by atoms with Gasteiger partial charge in [0.2, 0.25) is 11.8 Å². The Morgan fingerprint density at radius 3 is 2.59 bits per heavy atom. The number of hydrogen-bond acceptors (Lipinski definition) is 2. The second kappa shape index (κ2) is 8.96. The smallest absolute Gasteiger partial charge is 0.239 e. The molecule has 22 heavy (non-hydrogen) atoms. The third-order valence-corrected chi connectivity index (χ3v) is 4.89. The van der Waals surface area contributed by atoms with Crippen LogP contribution in [0.2, 0.25) is 0 Å². The Morgan fingerprint density at radius 2 is 1.95 bits per heavy atom. The van der Waals surface area contributed by atoms with Gasteiger partial charge in [-0.3, -0.25) is 9.59 Å². The van der Waals surface area contributed by atoms with Crippen LogP contribution in [0.5, 0.6) is 0 Å². The summed E-state index contributed by atoms with van der Waals surface area (Å²) < 4.78 is 0. The van der Waals surface area contributed by atoms with Gasteiger partial charge in [-0.05, 0) is 44.9 Å². The fraction of sp³-hybridized carbons (Fsp3) is 0.778. The quantitative estimate of drug-likeness (QED) is 0.766. The first kappa shape index (κ1) is 17.0. The van der Waals surface area contributed by atoms with E-state index in [0.717, 1.165) is 19.3 Å². The molecule has 4 heteroatoms. The van der Waals surface area contributed by atoms with Crippen molar-refractivity contribution in [2.24, 2.45) is 0 Å². The molecule has 0 saturated heterocycles. The van der Waals surface area contributed by atoms with Gasteiger partial charge in [0, 0.05) is 19.5 Å². The molecule has 0 atom stereocenters. The highest BCUT2D eigenvalue weighted by molar-refractivity contribution is 5.84. The predicted octanol–water partition coefficient (Wildman–Crippen LogP) is 3.17. The van der Waals surface area contributed by atoms with Crippen molar-refractivity contribution in [2.45, 2.75) is 77.2 Å². The molecule has 0 spiro atoms. The lowest BCUT2D eigenvalue weighted by atomic mass is 9.94. The minimum absolute atomic E-state index is 0.0165. The van der Waals surface area contributed by atoms with Gasteiger partial charge in [-0.1, -0.05) is 30.9 Å². The molecule has 2 amide bonds. The summed E-state index contributed by atoms with van der Waals surface area (Å²) >= 11 is 0. The van der Waals surface area contributed by atoms with Crippen molar-refractivity contribution in [1.29, 1.82) is 0 Å². The lowest BCUT2D eigenvalue weighted by molar-refractivity contribution is -0.137. The summed E-state index contributed by atoms with van der Waals surface area (Å²) in [4.78, 5) is 25.7. The first-order valence-electron chi connectivity index (χ1n) is 8.88. The van der Waals surface area contributed by atoms with Crippen molar-refractivity contribution in [1.82, 2.24) is 10.2 Å². The predicted molar refractivity (Wildman–Crippen MR) is 88.4 cm³/mol. The molecular weight excluding hydrogens is 276 g/mol. The number of allylic oxidation sites excluding steroid dienone is 1. The summed E-state index contributed by atoms with van der Waals surface area (Å²) in [5.74, 6) is 0.00854. The van der Waals surface area contributed by atoms with Gasteiger partial charge in [0.25, 0.3) is 0 Å². The zero-order chi connectivity index (χ0) is 15.8. The zero-order valence-electron chi connectivity index (χ0n) is 13.9. The molecule has 0 radical (unpaired) electrons. The van der Waals surface area contributed by atoms with E-state index in [2.05, 4.69) is 11.4 Å². The normalized spacial score (nSPS) is 19.4. The second-order valence-corrected chi connectivity index (χ2v) is 6.65. The van der Waals surface area contributed by atoms with Gasteiger partial charge in [-0.2, -0.15) is 0 Å². The Kier molecular flexibility index (Phi) is 6.94. The maximum absolute atomic E-state index is 12.1. The van der Waals surface area contributed by atoms with E-state index >= 15 is 0 Å². The Hall–Kier alpha value is -1.32. The van der Waals surface area contributed by atoms with E-state index in [1.807, 2.05) is 0 Å². The van der Waals surface area contributed by atoms with Gasteiger partial charge in [-0.15, -0.1) is 0 Å². The van der Waals surface area contributed by atoms with Crippen LogP contribution in [0.25, 0.3) is 0 Å². The van der Waals surface area contributed by atoms with Gasteiger partial charge >= 0.3 is 0 Å². The summed E-state index contributed by atoms with van der Waals surface area (Å²) in [5, 5.41) is 2.98. The highest BCUT2D eigenvalue weighted by Crippen LogP contribution is 2.22. The number of nitrogens with one attached hydrogen (secondary N) is 1. The first-order chi connectivity index (χ1) is 10.7. The largest absolute Gasteiger partial charge is 0.354 e. The summed E-state index contributed by atoms with van der Waals surface area (Å²) in [5.41, 5.74) is 1.47. The van der Waals surface area contributed by atoms with Crippen LogP contribution in [-0.2, 0) is 9.59 Å². The molecule has 1 fully saturated rings. The van der Waals surface area contributed by atoms with E-state index < -0.39 is 0 Å². The monoisotopic (exact) mass is 306 g/mol. The van der Waals surface area contributed by atoms with E-state index in [9.17, 15) is 9.59 Å². The summed E-state index contributed by atoms with van der Waals surface area (Å²) in [6, 6.07) is 0.262. The molecular formula is C18H30N2O2. The first-order valence-corrected chi connectivity index (χ1v) is 8.88. The molecule has 2 rings (SSSR count). The minimum Gasteiger partial charge on any atom is -0.354 e. The van der Waals surface area contributed by atoms with Crippen molar-refractivity contribution in [3.8, 4) is 0 Å². The second-order valence-electron chi connectivity index (χ2n) is 6.65. The van der Waals surface area contributed by atoms with Crippen LogP contribution in [0, 0.1) is 0 Å². The van der Waals surface area contributed by atoms with E-state index in [1.54, 1.807) is 11.8 Å². The molecule has 4 nitrogen and oxygen atoms in total. The van der Waals surface area contributed by atoms with Crippen molar-refractivity contribution in [3.05, 3.63) is 11.6 Å². The van der Waals surface area contributed by atoms with Gasteiger partial charge in [0.1, 0.15) is 0 Å². The Bertz CT molecular complexity index is 411. The van der Waals surface area contributed by atoms with E-state index in [0.29, 0.717) is 6.54 Å². The maximum atomic E-state index is 12.1. The van der Waals surface area contributed by atoms with Crippen molar-refractivity contribution < 1.29 is 9.59 Å². The van der Waals surface area contributed by atoms with Gasteiger partial charge in [0.05, 0.1) is 6.54 Å². The third-order valence-electron chi connectivity index (χ3n) is 4.89. The molecule has 0 bridgehead atoms.